The van der Waals surface area contributed by atoms with Crippen molar-refractivity contribution in [1.29, 1.82) is 0 Å². The smallest absolute Gasteiger partial charge is 0.337 e. The van der Waals surface area contributed by atoms with Gasteiger partial charge in [0.1, 0.15) is 12.4 Å². The van der Waals surface area contributed by atoms with Gasteiger partial charge in [0.2, 0.25) is 0 Å². The molecule has 1 aliphatic heterocycles. The van der Waals surface area contributed by atoms with E-state index in [1.807, 2.05) is 99.6 Å². The summed E-state index contributed by atoms with van der Waals surface area (Å²) in [6.07, 6.45) is 0.753. The minimum Gasteiger partial charge on any atom is -0.489 e. The molecule has 2 atom stereocenters. The van der Waals surface area contributed by atoms with Crippen molar-refractivity contribution in [2.75, 3.05) is 0 Å². The second kappa shape index (κ2) is 11.5. The summed E-state index contributed by atoms with van der Waals surface area (Å²) in [6, 6.07) is 25.3. The number of benzene rings is 3. The number of allylic oxidation sites excluding steroid dienone is 3. The van der Waals surface area contributed by atoms with E-state index in [-0.39, 0.29) is 17.8 Å². The first-order valence-corrected chi connectivity index (χ1v) is 13.6. The third-order valence-corrected chi connectivity index (χ3v) is 7.45. The number of rotatable bonds is 7. The normalized spacial score (nSPS) is 19.1. The van der Waals surface area contributed by atoms with Crippen LogP contribution in [-0.4, -0.2) is 17.9 Å². The van der Waals surface area contributed by atoms with E-state index in [0.717, 1.165) is 28.1 Å². The van der Waals surface area contributed by atoms with Crippen LogP contribution in [0.25, 0.3) is 0 Å². The Bertz CT molecular complexity index is 1420. The van der Waals surface area contributed by atoms with E-state index in [4.69, 9.17) is 21.1 Å². The number of esters is 1. The molecular weight excluding hydrogens is 510 g/mol. The molecule has 2 aliphatic rings. The summed E-state index contributed by atoms with van der Waals surface area (Å²) in [5.41, 5.74) is 5.68. The fourth-order valence-corrected chi connectivity index (χ4v) is 5.51. The van der Waals surface area contributed by atoms with Gasteiger partial charge in [0, 0.05) is 34.3 Å². The highest BCUT2D eigenvalue weighted by atomic mass is 35.5. The van der Waals surface area contributed by atoms with Crippen molar-refractivity contribution < 1.29 is 19.1 Å². The number of hydrogen-bond donors (Lipinski definition) is 1. The Labute approximate surface area is 234 Å². The minimum absolute atomic E-state index is 0.0282. The number of dihydropyridines is 1. The van der Waals surface area contributed by atoms with Crippen molar-refractivity contribution in [2.45, 2.75) is 58.2 Å². The summed E-state index contributed by atoms with van der Waals surface area (Å²) < 4.78 is 11.6. The fourth-order valence-electron chi connectivity index (χ4n) is 5.39. The monoisotopic (exact) mass is 541 g/mol. The Kier molecular flexibility index (Phi) is 7.89. The van der Waals surface area contributed by atoms with Gasteiger partial charge in [0.25, 0.3) is 0 Å². The Morgan fingerprint density at radius 1 is 0.949 bits per heavy atom. The predicted molar refractivity (Wildman–Crippen MR) is 152 cm³/mol. The van der Waals surface area contributed by atoms with E-state index < -0.39 is 11.9 Å². The van der Waals surface area contributed by atoms with E-state index in [2.05, 4.69) is 5.32 Å². The standard InChI is InChI=1S/C33H32ClNO4/c1-20(2)39-33(37)30-21(3)35-28-17-25(23-9-13-26(34)14-10-23)18-29(36)32(28)31(30)24-11-15-27(16-12-24)38-19-22-7-5-4-6-8-22/h4-16,20,25,31,35H,17-19H2,1-3H3. The number of Topliss-reactive ketones (excluding diaryl/α,β-unsaturated/α-hetero) is 1. The predicted octanol–water partition coefficient (Wildman–Crippen LogP) is 7.23. The van der Waals surface area contributed by atoms with Gasteiger partial charge in [-0.15, -0.1) is 0 Å². The highest BCUT2D eigenvalue weighted by Crippen LogP contribution is 2.46. The summed E-state index contributed by atoms with van der Waals surface area (Å²) in [5, 5.41) is 4.07. The summed E-state index contributed by atoms with van der Waals surface area (Å²) in [6.45, 7) is 5.98. The van der Waals surface area contributed by atoms with Gasteiger partial charge >= 0.3 is 5.97 Å². The van der Waals surface area contributed by atoms with Crippen LogP contribution in [0.1, 0.15) is 62.1 Å². The number of carbonyl (C=O) groups is 2. The summed E-state index contributed by atoms with van der Waals surface area (Å²) in [5.74, 6) is -0.152. The molecule has 39 heavy (non-hydrogen) atoms. The van der Waals surface area contributed by atoms with Crippen LogP contribution in [-0.2, 0) is 20.9 Å². The maximum Gasteiger partial charge on any atom is 0.337 e. The summed E-state index contributed by atoms with van der Waals surface area (Å²) >= 11 is 6.09. The van der Waals surface area contributed by atoms with Gasteiger partial charge in [-0.1, -0.05) is 66.2 Å². The highest BCUT2D eigenvalue weighted by Gasteiger charge is 2.41. The molecule has 0 aromatic heterocycles. The topological polar surface area (TPSA) is 64.6 Å². The fraction of sp³-hybridized carbons (Fsp3) is 0.273. The minimum atomic E-state index is -0.519. The van der Waals surface area contributed by atoms with Crippen LogP contribution in [0.3, 0.4) is 0 Å². The average Bonchev–Trinajstić information content (AvgIpc) is 2.92. The van der Waals surface area contributed by atoms with Gasteiger partial charge in [-0.3, -0.25) is 4.79 Å². The first-order valence-electron chi connectivity index (χ1n) is 13.3. The van der Waals surface area contributed by atoms with E-state index in [1.54, 1.807) is 0 Å². The molecule has 0 fully saturated rings. The molecule has 1 heterocycles. The number of carbonyl (C=O) groups excluding carboxylic acids is 2. The molecule has 5 nitrogen and oxygen atoms in total. The van der Waals surface area contributed by atoms with Gasteiger partial charge in [0.15, 0.2) is 5.78 Å². The Morgan fingerprint density at radius 2 is 1.62 bits per heavy atom. The lowest BCUT2D eigenvalue weighted by Gasteiger charge is -2.37. The van der Waals surface area contributed by atoms with Crippen molar-refractivity contribution in [3.63, 3.8) is 0 Å². The first kappa shape index (κ1) is 26.8. The number of halogens is 1. The summed E-state index contributed by atoms with van der Waals surface area (Å²) in [4.78, 5) is 27.1. The van der Waals surface area contributed by atoms with Crippen molar-refractivity contribution in [3.05, 3.63) is 123 Å². The van der Waals surface area contributed by atoms with Crippen LogP contribution in [0, 0.1) is 0 Å². The van der Waals surface area contributed by atoms with Crippen molar-refractivity contribution >= 4 is 23.4 Å². The van der Waals surface area contributed by atoms with Crippen LogP contribution >= 0.6 is 11.6 Å². The van der Waals surface area contributed by atoms with Crippen molar-refractivity contribution in [3.8, 4) is 5.75 Å². The number of hydrogen-bond acceptors (Lipinski definition) is 5. The number of nitrogens with one attached hydrogen (secondary N) is 1. The first-order chi connectivity index (χ1) is 18.8. The third-order valence-electron chi connectivity index (χ3n) is 7.19. The maximum absolute atomic E-state index is 13.8. The van der Waals surface area contributed by atoms with Gasteiger partial charge in [-0.2, -0.15) is 0 Å². The Morgan fingerprint density at radius 3 is 2.28 bits per heavy atom. The third kappa shape index (κ3) is 5.94. The molecule has 0 bridgehead atoms. The molecule has 200 valence electrons. The SMILES string of the molecule is CC1=C(C(=O)OC(C)C)C(c2ccc(OCc3ccccc3)cc2)C2=C(CC(c3ccc(Cl)cc3)CC2=O)N1. The van der Waals surface area contributed by atoms with E-state index >= 15 is 0 Å². The zero-order valence-electron chi connectivity index (χ0n) is 22.4. The molecule has 0 radical (unpaired) electrons. The van der Waals surface area contributed by atoms with Crippen LogP contribution in [0.15, 0.2) is 101 Å². The van der Waals surface area contributed by atoms with Gasteiger partial charge in [-0.05, 0) is 74.1 Å². The molecule has 0 amide bonds. The number of ether oxygens (including phenoxy) is 2. The van der Waals surface area contributed by atoms with Crippen molar-refractivity contribution in [2.24, 2.45) is 0 Å². The molecule has 3 aromatic carbocycles. The molecule has 0 saturated carbocycles. The van der Waals surface area contributed by atoms with Crippen LogP contribution in [0.4, 0.5) is 0 Å². The maximum atomic E-state index is 13.8. The highest BCUT2D eigenvalue weighted by molar-refractivity contribution is 6.30. The quantitative estimate of drug-likeness (QED) is 0.320. The largest absolute Gasteiger partial charge is 0.489 e. The van der Waals surface area contributed by atoms with E-state index in [1.165, 1.54) is 0 Å². The average molecular weight is 542 g/mol. The number of ketones is 1. The van der Waals surface area contributed by atoms with Crippen LogP contribution in [0.2, 0.25) is 5.02 Å². The lowest BCUT2D eigenvalue weighted by molar-refractivity contribution is -0.143. The zero-order valence-corrected chi connectivity index (χ0v) is 23.1. The lowest BCUT2D eigenvalue weighted by Crippen LogP contribution is -2.36. The lowest BCUT2D eigenvalue weighted by atomic mass is 9.71. The molecule has 0 spiro atoms. The molecule has 3 aromatic rings. The Hall–Kier alpha value is -3.83. The van der Waals surface area contributed by atoms with E-state index in [9.17, 15) is 9.59 Å². The van der Waals surface area contributed by atoms with Gasteiger partial charge in [-0.25, -0.2) is 4.79 Å². The molecule has 1 aliphatic carbocycles. The van der Waals surface area contributed by atoms with Crippen LogP contribution in [0.5, 0.6) is 5.75 Å². The molecular formula is C33H32ClNO4. The molecule has 1 N–H and O–H groups in total. The molecule has 0 saturated heterocycles. The van der Waals surface area contributed by atoms with Crippen LogP contribution < -0.4 is 10.1 Å². The molecule has 2 unspecified atom stereocenters. The molecule has 6 heteroatoms. The van der Waals surface area contributed by atoms with E-state index in [0.29, 0.717) is 41.3 Å². The zero-order chi connectivity index (χ0) is 27.5. The Balaban J connectivity index is 1.48. The second-order valence-corrected chi connectivity index (χ2v) is 10.8. The second-order valence-electron chi connectivity index (χ2n) is 10.4. The molecule has 5 rings (SSSR count). The van der Waals surface area contributed by atoms with Crippen molar-refractivity contribution in [1.82, 2.24) is 5.32 Å². The van der Waals surface area contributed by atoms with Gasteiger partial charge < -0.3 is 14.8 Å². The van der Waals surface area contributed by atoms with Gasteiger partial charge in [0.05, 0.1) is 11.7 Å². The summed E-state index contributed by atoms with van der Waals surface area (Å²) in [7, 11) is 0.